The molecule has 1 aromatic heterocycles. The van der Waals surface area contributed by atoms with Crippen molar-refractivity contribution in [2.45, 2.75) is 20.3 Å². The maximum absolute atomic E-state index is 12.3. The molecule has 0 aliphatic heterocycles. The summed E-state index contributed by atoms with van der Waals surface area (Å²) in [5.74, 6) is 0.543. The van der Waals surface area contributed by atoms with E-state index in [2.05, 4.69) is 21.1 Å². The highest BCUT2D eigenvalue weighted by atomic mass is 79.9. The third kappa shape index (κ3) is 2.76. The molecule has 4 nitrogen and oxygen atoms in total. The van der Waals surface area contributed by atoms with Gasteiger partial charge in [0.05, 0.1) is 5.69 Å². The molecule has 0 radical (unpaired) electrons. The molecular formula is C17H14BrNO3. The average molecular weight is 360 g/mol. The number of hydrogen-bond acceptors (Lipinski definition) is 4. The van der Waals surface area contributed by atoms with Gasteiger partial charge in [-0.3, -0.25) is 0 Å². The summed E-state index contributed by atoms with van der Waals surface area (Å²) >= 11 is 3.44. The van der Waals surface area contributed by atoms with Crippen LogP contribution in [-0.2, 0) is 6.42 Å². The van der Waals surface area contributed by atoms with Crippen molar-refractivity contribution in [2.75, 3.05) is 0 Å². The summed E-state index contributed by atoms with van der Waals surface area (Å²) in [7, 11) is 0. The molecule has 0 fully saturated rings. The van der Waals surface area contributed by atoms with Gasteiger partial charge < -0.3 is 9.26 Å². The number of benzene rings is 2. The number of aromatic nitrogens is 1. The lowest BCUT2D eigenvalue weighted by molar-refractivity contribution is 0.0732. The van der Waals surface area contributed by atoms with Gasteiger partial charge in [0.2, 0.25) is 0 Å². The Morgan fingerprint density at radius 2 is 1.95 bits per heavy atom. The monoisotopic (exact) mass is 359 g/mol. The van der Waals surface area contributed by atoms with Crippen molar-refractivity contribution >= 4 is 32.7 Å². The Labute approximate surface area is 136 Å². The topological polar surface area (TPSA) is 52.3 Å². The minimum Gasteiger partial charge on any atom is -0.423 e. The quantitative estimate of drug-likeness (QED) is 0.503. The van der Waals surface area contributed by atoms with Crippen LogP contribution in [0.25, 0.3) is 10.8 Å². The summed E-state index contributed by atoms with van der Waals surface area (Å²) in [5.41, 5.74) is 1.03. The maximum atomic E-state index is 12.3. The number of halogens is 1. The van der Waals surface area contributed by atoms with Crippen molar-refractivity contribution in [3.05, 3.63) is 57.9 Å². The van der Waals surface area contributed by atoms with Gasteiger partial charge in [-0.1, -0.05) is 40.1 Å². The first-order chi connectivity index (χ1) is 10.6. The van der Waals surface area contributed by atoms with Gasteiger partial charge in [0.15, 0.2) is 0 Å². The fourth-order valence-electron chi connectivity index (χ4n) is 2.34. The van der Waals surface area contributed by atoms with Crippen molar-refractivity contribution in [2.24, 2.45) is 0 Å². The van der Waals surface area contributed by atoms with Crippen LogP contribution in [0, 0.1) is 6.92 Å². The van der Waals surface area contributed by atoms with Crippen LogP contribution in [0.2, 0.25) is 0 Å². The van der Waals surface area contributed by atoms with Crippen LogP contribution in [0.5, 0.6) is 5.75 Å². The first-order valence-electron chi connectivity index (χ1n) is 6.95. The zero-order valence-corrected chi connectivity index (χ0v) is 13.8. The number of ether oxygens (including phenoxy) is 1. The highest BCUT2D eigenvalue weighted by Gasteiger charge is 2.21. The number of carbonyl (C=O) groups is 1. The molecule has 0 N–H and O–H groups in total. The van der Waals surface area contributed by atoms with Crippen LogP contribution in [0.4, 0.5) is 0 Å². The molecule has 2 aromatic carbocycles. The SMILES string of the molecule is CCc1noc(C)c1C(=O)Oc1ccc2cc(Br)ccc2c1. The molecule has 0 amide bonds. The van der Waals surface area contributed by atoms with E-state index in [-0.39, 0.29) is 0 Å². The van der Waals surface area contributed by atoms with Gasteiger partial charge in [0, 0.05) is 4.47 Å². The third-order valence-electron chi connectivity index (χ3n) is 3.46. The van der Waals surface area contributed by atoms with E-state index in [1.807, 2.05) is 37.3 Å². The number of nitrogens with zero attached hydrogens (tertiary/aromatic N) is 1. The van der Waals surface area contributed by atoms with Gasteiger partial charge in [-0.2, -0.15) is 0 Å². The number of fused-ring (bicyclic) bond motifs is 1. The normalized spacial score (nSPS) is 10.9. The van der Waals surface area contributed by atoms with Crippen molar-refractivity contribution in [1.82, 2.24) is 5.16 Å². The Hall–Kier alpha value is -2.14. The largest absolute Gasteiger partial charge is 0.423 e. The second kappa shape index (κ2) is 5.93. The minimum atomic E-state index is -0.438. The van der Waals surface area contributed by atoms with Crippen LogP contribution in [0.3, 0.4) is 0 Å². The minimum absolute atomic E-state index is 0.415. The molecule has 0 bridgehead atoms. The summed E-state index contributed by atoms with van der Waals surface area (Å²) in [6, 6.07) is 11.5. The molecule has 0 saturated carbocycles. The van der Waals surface area contributed by atoms with Crippen LogP contribution in [0.1, 0.15) is 28.7 Å². The molecule has 0 saturated heterocycles. The molecule has 5 heteroatoms. The Kier molecular flexibility index (Phi) is 3.98. The fourth-order valence-corrected chi connectivity index (χ4v) is 2.72. The van der Waals surface area contributed by atoms with Crippen molar-refractivity contribution in [1.29, 1.82) is 0 Å². The lowest BCUT2D eigenvalue weighted by Crippen LogP contribution is -2.11. The van der Waals surface area contributed by atoms with E-state index >= 15 is 0 Å². The summed E-state index contributed by atoms with van der Waals surface area (Å²) in [6.07, 6.45) is 0.619. The standard InChI is InChI=1S/C17H14BrNO3/c1-3-15-16(10(2)22-19-15)17(20)21-14-7-5-11-8-13(18)6-4-12(11)9-14/h4-9H,3H2,1-2H3. The number of carbonyl (C=O) groups excluding carboxylic acids is 1. The molecule has 3 rings (SSSR count). The zero-order valence-electron chi connectivity index (χ0n) is 12.2. The van der Waals surface area contributed by atoms with Crippen LogP contribution >= 0.6 is 15.9 Å². The van der Waals surface area contributed by atoms with Gasteiger partial charge in [0.1, 0.15) is 17.1 Å². The molecule has 0 atom stereocenters. The van der Waals surface area contributed by atoms with Crippen molar-refractivity contribution in [3.8, 4) is 5.75 Å². The molecule has 3 aromatic rings. The van der Waals surface area contributed by atoms with E-state index in [9.17, 15) is 4.79 Å². The summed E-state index contributed by atoms with van der Waals surface area (Å²) in [4.78, 5) is 12.3. The Bertz CT molecular complexity index is 854. The fraction of sp³-hybridized carbons (Fsp3) is 0.176. The first kappa shape index (κ1) is 14.8. The highest BCUT2D eigenvalue weighted by molar-refractivity contribution is 9.10. The Balaban J connectivity index is 1.91. The Morgan fingerprint density at radius 1 is 1.23 bits per heavy atom. The van der Waals surface area contributed by atoms with Crippen molar-refractivity contribution < 1.29 is 14.1 Å². The maximum Gasteiger partial charge on any atom is 0.349 e. The van der Waals surface area contributed by atoms with Crippen LogP contribution in [-0.4, -0.2) is 11.1 Å². The molecule has 1 heterocycles. The predicted octanol–water partition coefficient (Wildman–Crippen LogP) is 4.68. The number of hydrogen-bond donors (Lipinski definition) is 0. The van der Waals surface area contributed by atoms with E-state index in [1.165, 1.54) is 0 Å². The smallest absolute Gasteiger partial charge is 0.349 e. The van der Waals surface area contributed by atoms with Gasteiger partial charge in [-0.25, -0.2) is 4.79 Å². The van der Waals surface area contributed by atoms with E-state index in [0.29, 0.717) is 29.2 Å². The van der Waals surface area contributed by atoms with Gasteiger partial charge >= 0.3 is 5.97 Å². The molecular weight excluding hydrogens is 346 g/mol. The number of rotatable bonds is 3. The van der Waals surface area contributed by atoms with Crippen LogP contribution < -0.4 is 4.74 Å². The molecule has 22 heavy (non-hydrogen) atoms. The van der Waals surface area contributed by atoms with E-state index in [1.54, 1.807) is 13.0 Å². The van der Waals surface area contributed by atoms with Gasteiger partial charge in [-0.15, -0.1) is 0 Å². The number of aryl methyl sites for hydroxylation is 2. The van der Waals surface area contributed by atoms with E-state index in [0.717, 1.165) is 15.2 Å². The lowest BCUT2D eigenvalue weighted by Gasteiger charge is -2.06. The summed E-state index contributed by atoms with van der Waals surface area (Å²) in [5, 5.41) is 5.95. The second-order valence-corrected chi connectivity index (χ2v) is 5.87. The van der Waals surface area contributed by atoms with Gasteiger partial charge in [-0.05, 0) is 48.4 Å². The first-order valence-corrected chi connectivity index (χ1v) is 7.74. The zero-order chi connectivity index (χ0) is 15.7. The van der Waals surface area contributed by atoms with Crippen LogP contribution in [0.15, 0.2) is 45.4 Å². The molecule has 0 aliphatic carbocycles. The van der Waals surface area contributed by atoms with Crippen molar-refractivity contribution in [3.63, 3.8) is 0 Å². The lowest BCUT2D eigenvalue weighted by atomic mass is 10.1. The third-order valence-corrected chi connectivity index (χ3v) is 3.95. The number of esters is 1. The van der Waals surface area contributed by atoms with E-state index < -0.39 is 5.97 Å². The molecule has 0 aliphatic rings. The summed E-state index contributed by atoms with van der Waals surface area (Å²) in [6.45, 7) is 3.63. The molecule has 112 valence electrons. The average Bonchev–Trinajstić information content (AvgIpc) is 2.88. The molecule has 0 unspecified atom stereocenters. The Morgan fingerprint density at radius 3 is 2.73 bits per heavy atom. The second-order valence-electron chi connectivity index (χ2n) is 4.96. The molecule has 0 spiro atoms. The predicted molar refractivity (Wildman–Crippen MR) is 87.2 cm³/mol. The highest BCUT2D eigenvalue weighted by Crippen LogP contribution is 2.25. The van der Waals surface area contributed by atoms with E-state index in [4.69, 9.17) is 9.26 Å². The summed E-state index contributed by atoms with van der Waals surface area (Å²) < 4.78 is 11.6. The van der Waals surface area contributed by atoms with Gasteiger partial charge in [0.25, 0.3) is 0 Å².